The Hall–Kier alpha value is -1.31. The highest BCUT2D eigenvalue weighted by Gasteiger charge is 2.21. The molecule has 2 heteroatoms. The molecular formula is C16H23NO. The van der Waals surface area contributed by atoms with Gasteiger partial charge in [-0.15, -0.1) is 0 Å². The zero-order valence-corrected chi connectivity index (χ0v) is 12.3. The molecule has 1 aromatic carbocycles. The monoisotopic (exact) mass is 245 g/mol. The number of aromatic nitrogens is 1. The molecular weight excluding hydrogens is 222 g/mol. The summed E-state index contributed by atoms with van der Waals surface area (Å²) in [5.74, 6) is 0. The summed E-state index contributed by atoms with van der Waals surface area (Å²) in [4.78, 5) is 4.36. The van der Waals surface area contributed by atoms with Gasteiger partial charge in [0.2, 0.25) is 0 Å². The molecule has 18 heavy (non-hydrogen) atoms. The summed E-state index contributed by atoms with van der Waals surface area (Å²) >= 11 is 0. The van der Waals surface area contributed by atoms with Gasteiger partial charge in [-0.1, -0.05) is 47.6 Å². The fourth-order valence-corrected chi connectivity index (χ4v) is 2.31. The fraction of sp³-hybridized carbons (Fsp3) is 0.562. The van der Waals surface area contributed by atoms with Crippen LogP contribution in [-0.2, 0) is 11.8 Å². The number of rotatable bonds is 1. The van der Waals surface area contributed by atoms with Crippen molar-refractivity contribution in [1.82, 2.24) is 4.98 Å². The molecule has 0 aliphatic rings. The number of nitrogens with zero attached hydrogens (tertiary/aromatic N) is 1. The van der Waals surface area contributed by atoms with Crippen LogP contribution in [0.25, 0.3) is 11.1 Å². The molecule has 0 aliphatic carbocycles. The Morgan fingerprint density at radius 3 is 2.28 bits per heavy atom. The molecule has 0 amide bonds. The molecule has 2 aromatic rings. The van der Waals surface area contributed by atoms with E-state index in [2.05, 4.69) is 58.7 Å². The lowest BCUT2D eigenvalue weighted by Crippen LogP contribution is -2.14. The maximum atomic E-state index is 5.50. The van der Waals surface area contributed by atoms with Gasteiger partial charge in [-0.05, 0) is 34.4 Å². The average Bonchev–Trinajstić information content (AvgIpc) is 2.59. The molecule has 0 radical (unpaired) electrons. The minimum atomic E-state index is 0.0863. The minimum absolute atomic E-state index is 0.0863. The van der Waals surface area contributed by atoms with Gasteiger partial charge in [0.1, 0.15) is 5.52 Å². The smallest absolute Gasteiger partial charge is 0.181 e. The van der Waals surface area contributed by atoms with Gasteiger partial charge in [0.15, 0.2) is 12.0 Å². The molecule has 0 aliphatic heterocycles. The van der Waals surface area contributed by atoms with Gasteiger partial charge in [-0.25, -0.2) is 4.98 Å². The second-order valence-electron chi connectivity index (χ2n) is 7.33. The van der Waals surface area contributed by atoms with Crippen molar-refractivity contribution < 1.29 is 4.42 Å². The SMILES string of the molecule is CC(C)(C)Cc1cc(C(C)(C)C)c2ncoc2c1. The molecule has 0 fully saturated rings. The van der Waals surface area contributed by atoms with Crippen LogP contribution >= 0.6 is 0 Å². The Labute approximate surface area is 109 Å². The van der Waals surface area contributed by atoms with Crippen molar-refractivity contribution in [2.24, 2.45) is 5.41 Å². The zero-order chi connectivity index (χ0) is 13.6. The van der Waals surface area contributed by atoms with E-state index < -0.39 is 0 Å². The summed E-state index contributed by atoms with van der Waals surface area (Å²) in [7, 11) is 0. The number of hydrogen-bond acceptors (Lipinski definition) is 2. The summed E-state index contributed by atoms with van der Waals surface area (Å²) < 4.78 is 5.50. The molecule has 0 spiro atoms. The number of benzene rings is 1. The van der Waals surface area contributed by atoms with E-state index in [9.17, 15) is 0 Å². The first-order valence-electron chi connectivity index (χ1n) is 6.53. The van der Waals surface area contributed by atoms with Crippen molar-refractivity contribution in [2.75, 3.05) is 0 Å². The first kappa shape index (κ1) is 13.1. The second kappa shape index (κ2) is 4.11. The van der Waals surface area contributed by atoms with E-state index in [1.54, 1.807) is 6.39 Å². The maximum absolute atomic E-state index is 5.50. The third-order valence-electron chi connectivity index (χ3n) is 3.04. The van der Waals surface area contributed by atoms with Gasteiger partial charge in [-0.3, -0.25) is 0 Å². The minimum Gasteiger partial charge on any atom is -0.443 e. The molecule has 1 aromatic heterocycles. The van der Waals surface area contributed by atoms with Crippen molar-refractivity contribution in [3.8, 4) is 0 Å². The summed E-state index contributed by atoms with van der Waals surface area (Å²) in [6.07, 6.45) is 2.59. The van der Waals surface area contributed by atoms with Crippen molar-refractivity contribution in [3.63, 3.8) is 0 Å². The Balaban J connectivity index is 2.58. The maximum Gasteiger partial charge on any atom is 0.181 e. The van der Waals surface area contributed by atoms with E-state index in [-0.39, 0.29) is 10.8 Å². The molecule has 0 N–H and O–H groups in total. The van der Waals surface area contributed by atoms with Gasteiger partial charge in [-0.2, -0.15) is 0 Å². The van der Waals surface area contributed by atoms with E-state index in [0.29, 0.717) is 0 Å². The number of hydrogen-bond donors (Lipinski definition) is 0. The van der Waals surface area contributed by atoms with Gasteiger partial charge < -0.3 is 4.42 Å². The standard InChI is InChI=1S/C16H23NO/c1-15(2,3)9-11-7-12(16(4,5)6)14-13(8-11)18-10-17-14/h7-8,10H,9H2,1-6H3. The normalized spacial score (nSPS) is 13.2. The fourth-order valence-electron chi connectivity index (χ4n) is 2.31. The van der Waals surface area contributed by atoms with Crippen LogP contribution in [-0.4, -0.2) is 4.98 Å². The molecule has 0 unspecified atom stereocenters. The van der Waals surface area contributed by atoms with Crippen molar-refractivity contribution in [3.05, 3.63) is 29.7 Å². The highest BCUT2D eigenvalue weighted by atomic mass is 16.3. The average molecular weight is 245 g/mol. The van der Waals surface area contributed by atoms with E-state index in [1.165, 1.54) is 11.1 Å². The van der Waals surface area contributed by atoms with Crippen LogP contribution in [0.5, 0.6) is 0 Å². The summed E-state index contributed by atoms with van der Waals surface area (Å²) in [6, 6.07) is 4.42. The van der Waals surface area contributed by atoms with E-state index in [4.69, 9.17) is 4.42 Å². The van der Waals surface area contributed by atoms with E-state index >= 15 is 0 Å². The van der Waals surface area contributed by atoms with Crippen LogP contribution in [0, 0.1) is 5.41 Å². The van der Waals surface area contributed by atoms with Crippen LogP contribution in [0.2, 0.25) is 0 Å². The Morgan fingerprint density at radius 1 is 1.06 bits per heavy atom. The first-order chi connectivity index (χ1) is 8.17. The molecule has 98 valence electrons. The number of fused-ring (bicyclic) bond motifs is 1. The van der Waals surface area contributed by atoms with E-state index in [1.807, 2.05) is 0 Å². The molecule has 0 saturated carbocycles. The third-order valence-corrected chi connectivity index (χ3v) is 3.04. The Morgan fingerprint density at radius 2 is 1.72 bits per heavy atom. The summed E-state index contributed by atoms with van der Waals surface area (Å²) in [5.41, 5.74) is 4.87. The predicted octanol–water partition coefficient (Wildman–Crippen LogP) is 4.71. The topological polar surface area (TPSA) is 26.0 Å². The highest BCUT2D eigenvalue weighted by Crippen LogP contribution is 2.32. The molecule has 1 heterocycles. The lowest BCUT2D eigenvalue weighted by molar-refractivity contribution is 0.410. The Bertz CT molecular complexity index is 552. The van der Waals surface area contributed by atoms with Gasteiger partial charge in [0, 0.05) is 0 Å². The highest BCUT2D eigenvalue weighted by molar-refractivity contribution is 5.78. The van der Waals surface area contributed by atoms with Crippen molar-refractivity contribution in [2.45, 2.75) is 53.4 Å². The van der Waals surface area contributed by atoms with Gasteiger partial charge >= 0.3 is 0 Å². The van der Waals surface area contributed by atoms with Crippen LogP contribution in [0.3, 0.4) is 0 Å². The lowest BCUT2D eigenvalue weighted by Gasteiger charge is -2.23. The molecule has 0 saturated heterocycles. The van der Waals surface area contributed by atoms with Crippen LogP contribution < -0.4 is 0 Å². The third kappa shape index (κ3) is 2.74. The summed E-state index contributed by atoms with van der Waals surface area (Å²) in [5, 5.41) is 0. The number of oxazole rings is 1. The quantitative estimate of drug-likeness (QED) is 0.727. The van der Waals surface area contributed by atoms with Crippen LogP contribution in [0.15, 0.2) is 22.9 Å². The molecule has 0 bridgehead atoms. The van der Waals surface area contributed by atoms with Crippen molar-refractivity contribution >= 4 is 11.1 Å². The van der Waals surface area contributed by atoms with Crippen molar-refractivity contribution in [1.29, 1.82) is 0 Å². The Kier molecular flexibility index (Phi) is 3.00. The molecule has 2 nitrogen and oxygen atoms in total. The zero-order valence-electron chi connectivity index (χ0n) is 12.3. The van der Waals surface area contributed by atoms with Gasteiger partial charge in [0.25, 0.3) is 0 Å². The lowest BCUT2D eigenvalue weighted by atomic mass is 9.82. The molecule has 2 rings (SSSR count). The van der Waals surface area contributed by atoms with Crippen LogP contribution in [0.1, 0.15) is 52.7 Å². The van der Waals surface area contributed by atoms with E-state index in [0.717, 1.165) is 17.5 Å². The largest absolute Gasteiger partial charge is 0.443 e. The van der Waals surface area contributed by atoms with Gasteiger partial charge in [0.05, 0.1) is 0 Å². The summed E-state index contributed by atoms with van der Waals surface area (Å²) in [6.45, 7) is 13.4. The second-order valence-corrected chi connectivity index (χ2v) is 7.33. The predicted molar refractivity (Wildman–Crippen MR) is 75.9 cm³/mol. The first-order valence-corrected chi connectivity index (χ1v) is 6.53. The molecule has 0 atom stereocenters. The van der Waals surface area contributed by atoms with Crippen LogP contribution in [0.4, 0.5) is 0 Å².